The minimum absolute atomic E-state index is 0.190. The highest BCUT2D eigenvalue weighted by atomic mass is 16.5. The quantitative estimate of drug-likeness (QED) is 0.329. The third-order valence-electron chi connectivity index (χ3n) is 5.33. The molecule has 0 radical (unpaired) electrons. The van der Waals surface area contributed by atoms with E-state index in [1.54, 1.807) is 25.3 Å². The number of rotatable bonds is 9. The lowest BCUT2D eigenvalue weighted by Gasteiger charge is -2.22. The van der Waals surface area contributed by atoms with Gasteiger partial charge < -0.3 is 29.8 Å². The number of H-pyrrole nitrogens is 1. The highest BCUT2D eigenvalue weighted by Crippen LogP contribution is 2.39. The summed E-state index contributed by atoms with van der Waals surface area (Å²) in [6.07, 6.45) is 3.87. The van der Waals surface area contributed by atoms with E-state index in [0.717, 1.165) is 21.4 Å². The molecule has 0 aliphatic rings. The number of fused-ring (bicyclic) bond motifs is 1. The summed E-state index contributed by atoms with van der Waals surface area (Å²) in [7, 11) is 4.42. The number of benzene rings is 2. The number of nitrogens with zero attached hydrogens (tertiary/aromatic N) is 2. The van der Waals surface area contributed by atoms with Crippen LogP contribution in [0.25, 0.3) is 10.9 Å². The van der Waals surface area contributed by atoms with E-state index in [9.17, 15) is 14.9 Å². The predicted molar refractivity (Wildman–Crippen MR) is 127 cm³/mol. The largest absolute Gasteiger partial charge is 0.493 e. The van der Waals surface area contributed by atoms with Gasteiger partial charge in [0, 0.05) is 42.2 Å². The van der Waals surface area contributed by atoms with Gasteiger partial charge in [0.15, 0.2) is 17.7 Å². The maximum absolute atomic E-state index is 13.0. The van der Waals surface area contributed by atoms with Gasteiger partial charge in [-0.2, -0.15) is 5.26 Å². The van der Waals surface area contributed by atoms with Crippen LogP contribution in [0.2, 0.25) is 0 Å². The number of aromatic nitrogens is 1. The van der Waals surface area contributed by atoms with Crippen LogP contribution >= 0.6 is 0 Å². The van der Waals surface area contributed by atoms with Crippen LogP contribution in [0.1, 0.15) is 12.5 Å². The van der Waals surface area contributed by atoms with Gasteiger partial charge >= 0.3 is 6.03 Å². The third-order valence-corrected chi connectivity index (χ3v) is 5.33. The number of nitrogens with one attached hydrogen (secondary N) is 3. The number of anilines is 1. The number of urea groups is 1. The number of aromatic amines is 1. The van der Waals surface area contributed by atoms with Crippen molar-refractivity contribution in [2.45, 2.75) is 19.4 Å². The molecule has 0 aliphatic carbocycles. The topological polar surface area (TPSA) is 129 Å². The molecule has 0 spiro atoms. The minimum Gasteiger partial charge on any atom is -0.493 e. The van der Waals surface area contributed by atoms with Crippen molar-refractivity contribution in [1.82, 2.24) is 15.2 Å². The molecule has 1 aromatic heterocycles. The van der Waals surface area contributed by atoms with Crippen molar-refractivity contribution in [1.29, 1.82) is 5.26 Å². The molecular weight excluding hydrogens is 438 g/mol. The maximum atomic E-state index is 13.0. The normalized spacial score (nSPS) is 11.3. The molecule has 10 heteroatoms. The summed E-state index contributed by atoms with van der Waals surface area (Å²) in [5, 5.41) is 15.7. The molecule has 178 valence electrons. The Morgan fingerprint density at radius 2 is 1.79 bits per heavy atom. The number of ether oxygens (including phenoxy) is 3. The average Bonchev–Trinajstić information content (AvgIpc) is 3.26. The van der Waals surface area contributed by atoms with Crippen molar-refractivity contribution in [2.75, 3.05) is 33.2 Å². The molecule has 3 aromatic rings. The van der Waals surface area contributed by atoms with Gasteiger partial charge in [0.1, 0.15) is 6.04 Å². The van der Waals surface area contributed by atoms with Gasteiger partial charge in [-0.05, 0) is 18.6 Å². The van der Waals surface area contributed by atoms with Crippen LogP contribution in [0.4, 0.5) is 10.5 Å². The van der Waals surface area contributed by atoms with Crippen molar-refractivity contribution in [2.24, 2.45) is 0 Å². The van der Waals surface area contributed by atoms with Gasteiger partial charge in [0.25, 0.3) is 5.91 Å². The number of carbonyl (C=O) groups excluding carboxylic acids is 2. The van der Waals surface area contributed by atoms with Crippen LogP contribution < -0.4 is 24.8 Å². The SMILES string of the molecule is CCN(C#N)C(=O)C(Cc1c[nH]c2ccccc12)NC(=O)Nc1cc(OC)c(OC)c(OC)c1. The predicted octanol–water partition coefficient (Wildman–Crippen LogP) is 3.26. The highest BCUT2D eigenvalue weighted by Gasteiger charge is 2.27. The fourth-order valence-corrected chi connectivity index (χ4v) is 3.66. The molecule has 0 saturated carbocycles. The Balaban J connectivity index is 1.85. The van der Waals surface area contributed by atoms with E-state index in [0.29, 0.717) is 22.9 Å². The minimum atomic E-state index is -0.971. The molecule has 34 heavy (non-hydrogen) atoms. The summed E-state index contributed by atoms with van der Waals surface area (Å²) in [6, 6.07) is 9.21. The van der Waals surface area contributed by atoms with Crippen LogP contribution in [0.15, 0.2) is 42.6 Å². The Labute approximate surface area is 197 Å². The fourth-order valence-electron chi connectivity index (χ4n) is 3.66. The number of nitriles is 1. The maximum Gasteiger partial charge on any atom is 0.319 e. The molecule has 0 aliphatic heterocycles. The number of hydrogen-bond acceptors (Lipinski definition) is 6. The summed E-state index contributed by atoms with van der Waals surface area (Å²) in [4.78, 5) is 30.1. The van der Waals surface area contributed by atoms with E-state index in [4.69, 9.17) is 14.2 Å². The van der Waals surface area contributed by atoms with Crippen LogP contribution in [0.5, 0.6) is 17.2 Å². The monoisotopic (exact) mass is 465 g/mol. The smallest absolute Gasteiger partial charge is 0.319 e. The number of amides is 3. The molecule has 3 amide bonds. The van der Waals surface area contributed by atoms with Gasteiger partial charge in [-0.25, -0.2) is 9.69 Å². The van der Waals surface area contributed by atoms with Crippen molar-refractivity contribution in [3.05, 3.63) is 48.2 Å². The van der Waals surface area contributed by atoms with E-state index in [-0.39, 0.29) is 13.0 Å². The standard InChI is InChI=1S/C24H27N5O5/c1-5-29(14-25)23(30)19(10-15-13-26-18-9-7-6-8-17(15)18)28-24(31)27-16-11-20(32-2)22(34-4)21(12-16)33-3/h6-9,11-13,19,26H,5,10H2,1-4H3,(H2,27,28,31). The Hall–Kier alpha value is -4.39. The Morgan fingerprint density at radius 3 is 2.38 bits per heavy atom. The lowest BCUT2D eigenvalue weighted by molar-refractivity contribution is -0.129. The molecule has 0 bridgehead atoms. The second kappa shape index (κ2) is 11.0. The zero-order chi connectivity index (χ0) is 24.7. The van der Waals surface area contributed by atoms with Gasteiger partial charge in [-0.3, -0.25) is 4.79 Å². The number of carbonyl (C=O) groups is 2. The van der Waals surface area contributed by atoms with Crippen molar-refractivity contribution >= 4 is 28.5 Å². The van der Waals surface area contributed by atoms with Crippen molar-refractivity contribution < 1.29 is 23.8 Å². The molecule has 10 nitrogen and oxygen atoms in total. The zero-order valence-corrected chi connectivity index (χ0v) is 19.5. The molecule has 3 rings (SSSR count). The molecule has 2 aromatic carbocycles. The van der Waals surface area contributed by atoms with Gasteiger partial charge in [-0.15, -0.1) is 0 Å². The first kappa shape index (κ1) is 24.3. The van der Waals surface area contributed by atoms with Gasteiger partial charge in [0.2, 0.25) is 5.75 Å². The lowest BCUT2D eigenvalue weighted by Crippen LogP contribution is -2.49. The molecule has 1 unspecified atom stereocenters. The van der Waals surface area contributed by atoms with Crippen LogP contribution in [-0.2, 0) is 11.2 Å². The van der Waals surface area contributed by atoms with E-state index in [1.807, 2.05) is 30.5 Å². The molecule has 1 atom stereocenters. The molecular formula is C24H27N5O5. The van der Waals surface area contributed by atoms with E-state index in [2.05, 4.69) is 15.6 Å². The van der Waals surface area contributed by atoms with E-state index < -0.39 is 18.0 Å². The number of hydrogen-bond donors (Lipinski definition) is 3. The second-order valence-corrected chi connectivity index (χ2v) is 7.31. The van der Waals surface area contributed by atoms with Crippen molar-refractivity contribution in [3.63, 3.8) is 0 Å². The summed E-state index contributed by atoms with van der Waals surface area (Å²) < 4.78 is 15.9. The van der Waals surface area contributed by atoms with Crippen LogP contribution in [0, 0.1) is 11.5 Å². The second-order valence-electron chi connectivity index (χ2n) is 7.31. The summed E-state index contributed by atoms with van der Waals surface area (Å²) in [6.45, 7) is 1.88. The van der Waals surface area contributed by atoms with Gasteiger partial charge in [0.05, 0.1) is 27.0 Å². The number of likely N-dealkylation sites (N-methyl/N-ethyl adjacent to an activating group) is 1. The Morgan fingerprint density at radius 1 is 1.12 bits per heavy atom. The lowest BCUT2D eigenvalue weighted by atomic mass is 10.0. The summed E-state index contributed by atoms with van der Waals surface area (Å²) >= 11 is 0. The van der Waals surface area contributed by atoms with E-state index >= 15 is 0 Å². The Bertz CT molecular complexity index is 1190. The summed E-state index contributed by atoms with van der Waals surface area (Å²) in [5.41, 5.74) is 2.13. The van der Waals surface area contributed by atoms with Gasteiger partial charge in [-0.1, -0.05) is 18.2 Å². The molecule has 1 heterocycles. The van der Waals surface area contributed by atoms with Crippen LogP contribution in [0.3, 0.4) is 0 Å². The number of para-hydroxylation sites is 1. The first-order chi connectivity index (χ1) is 16.4. The number of methoxy groups -OCH3 is 3. The molecule has 0 fully saturated rings. The Kier molecular flexibility index (Phi) is 7.82. The summed E-state index contributed by atoms with van der Waals surface area (Å²) in [5.74, 6) is 0.613. The first-order valence-electron chi connectivity index (χ1n) is 10.6. The zero-order valence-electron chi connectivity index (χ0n) is 19.5. The average molecular weight is 466 g/mol. The molecule has 0 saturated heterocycles. The van der Waals surface area contributed by atoms with Crippen LogP contribution in [-0.4, -0.2) is 55.7 Å². The van der Waals surface area contributed by atoms with E-state index in [1.165, 1.54) is 21.3 Å². The highest BCUT2D eigenvalue weighted by molar-refractivity contribution is 5.95. The first-order valence-corrected chi connectivity index (χ1v) is 10.6. The third kappa shape index (κ3) is 5.15. The molecule has 3 N–H and O–H groups in total. The fraction of sp³-hybridized carbons (Fsp3) is 0.292. The van der Waals surface area contributed by atoms with Crippen molar-refractivity contribution in [3.8, 4) is 23.4 Å².